The van der Waals surface area contributed by atoms with Crippen molar-refractivity contribution in [1.29, 1.82) is 0 Å². The highest BCUT2D eigenvalue weighted by Crippen LogP contribution is 2.40. The maximum atomic E-state index is 6.24. The number of hydrogen-bond acceptors (Lipinski definition) is 4. The first-order valence-electron chi connectivity index (χ1n) is 7.30. The largest absolute Gasteiger partial charge is 0.454 e. The molecule has 2 aliphatic rings. The molecule has 2 aliphatic heterocycles. The number of rotatable bonds is 5. The maximum absolute atomic E-state index is 6.24. The van der Waals surface area contributed by atoms with Crippen molar-refractivity contribution >= 4 is 11.6 Å². The van der Waals surface area contributed by atoms with Crippen LogP contribution in [-0.2, 0) is 6.54 Å². The van der Waals surface area contributed by atoms with Crippen LogP contribution in [-0.4, -0.2) is 37.4 Å². The summed E-state index contributed by atoms with van der Waals surface area (Å²) >= 11 is 6.24. The monoisotopic (exact) mass is 296 g/mol. The number of nitrogens with zero attached hydrogens (tertiary/aromatic N) is 1. The van der Waals surface area contributed by atoms with E-state index in [2.05, 4.69) is 17.1 Å². The first-order valence-corrected chi connectivity index (χ1v) is 7.68. The van der Waals surface area contributed by atoms with Gasteiger partial charge in [0.2, 0.25) is 6.79 Å². The number of benzene rings is 1. The molecule has 1 aromatic carbocycles. The molecule has 1 N–H and O–H groups in total. The standard InChI is InChI=1S/C15H21ClN2O2/c1-2-18(9-12-4-3-5-17-12)8-11-6-13(16)15-14(7-11)19-10-20-15/h6-7,12,17H,2-5,8-10H2,1H3. The first-order chi connectivity index (χ1) is 9.76. The summed E-state index contributed by atoms with van der Waals surface area (Å²) in [5, 5.41) is 4.19. The average Bonchev–Trinajstić information content (AvgIpc) is 3.08. The molecule has 0 bridgehead atoms. The van der Waals surface area contributed by atoms with E-state index in [1.807, 2.05) is 12.1 Å². The summed E-state index contributed by atoms with van der Waals surface area (Å²) in [5.74, 6) is 1.44. The van der Waals surface area contributed by atoms with Gasteiger partial charge >= 0.3 is 0 Å². The lowest BCUT2D eigenvalue weighted by Crippen LogP contribution is -2.37. The molecule has 4 nitrogen and oxygen atoms in total. The maximum Gasteiger partial charge on any atom is 0.231 e. The summed E-state index contributed by atoms with van der Waals surface area (Å²) in [4.78, 5) is 2.44. The summed E-state index contributed by atoms with van der Waals surface area (Å²) in [6, 6.07) is 4.65. The van der Waals surface area contributed by atoms with Crippen LogP contribution in [0, 0.1) is 0 Å². The molecule has 0 radical (unpaired) electrons. The molecule has 1 fully saturated rings. The van der Waals surface area contributed by atoms with Gasteiger partial charge in [0.25, 0.3) is 0 Å². The molecule has 1 aromatic rings. The van der Waals surface area contributed by atoms with Crippen molar-refractivity contribution in [2.24, 2.45) is 0 Å². The van der Waals surface area contributed by atoms with Crippen molar-refractivity contribution in [3.63, 3.8) is 0 Å². The minimum atomic E-state index is 0.266. The summed E-state index contributed by atoms with van der Waals surface area (Å²) in [6.45, 7) is 6.63. The van der Waals surface area contributed by atoms with Crippen LogP contribution in [0.2, 0.25) is 5.02 Å². The van der Waals surface area contributed by atoms with Crippen molar-refractivity contribution in [3.05, 3.63) is 22.7 Å². The van der Waals surface area contributed by atoms with Crippen molar-refractivity contribution < 1.29 is 9.47 Å². The second kappa shape index (κ2) is 6.20. The molecule has 3 rings (SSSR count). The lowest BCUT2D eigenvalue weighted by Gasteiger charge is -2.24. The second-order valence-corrected chi connectivity index (χ2v) is 5.84. The first kappa shape index (κ1) is 14.0. The lowest BCUT2D eigenvalue weighted by atomic mass is 10.1. The van der Waals surface area contributed by atoms with Crippen LogP contribution < -0.4 is 14.8 Å². The Kier molecular flexibility index (Phi) is 4.34. The fraction of sp³-hybridized carbons (Fsp3) is 0.600. The van der Waals surface area contributed by atoms with Gasteiger partial charge in [0.15, 0.2) is 11.5 Å². The molecule has 0 amide bonds. The summed E-state index contributed by atoms with van der Waals surface area (Å²) in [6.07, 6.45) is 2.57. The Labute approximate surface area is 125 Å². The van der Waals surface area contributed by atoms with Crippen LogP contribution in [0.5, 0.6) is 11.5 Å². The van der Waals surface area contributed by atoms with Gasteiger partial charge in [-0.25, -0.2) is 0 Å². The quantitative estimate of drug-likeness (QED) is 0.906. The Morgan fingerprint density at radius 2 is 2.30 bits per heavy atom. The Morgan fingerprint density at radius 1 is 1.40 bits per heavy atom. The van der Waals surface area contributed by atoms with Crippen LogP contribution in [0.25, 0.3) is 0 Å². The van der Waals surface area contributed by atoms with Crippen LogP contribution in [0.3, 0.4) is 0 Å². The molecule has 20 heavy (non-hydrogen) atoms. The van der Waals surface area contributed by atoms with Crippen LogP contribution >= 0.6 is 11.6 Å². The van der Waals surface area contributed by atoms with E-state index in [1.54, 1.807) is 0 Å². The third-order valence-corrected chi connectivity index (χ3v) is 4.26. The highest BCUT2D eigenvalue weighted by atomic mass is 35.5. The van der Waals surface area contributed by atoms with Gasteiger partial charge in [-0.05, 0) is 43.6 Å². The van der Waals surface area contributed by atoms with Crippen LogP contribution in [0.1, 0.15) is 25.3 Å². The fourth-order valence-electron chi connectivity index (χ4n) is 2.90. The topological polar surface area (TPSA) is 33.7 Å². The zero-order chi connectivity index (χ0) is 13.9. The van der Waals surface area contributed by atoms with E-state index in [9.17, 15) is 0 Å². The average molecular weight is 297 g/mol. The SMILES string of the molecule is CCN(Cc1cc(Cl)c2c(c1)OCO2)CC1CCCN1. The number of likely N-dealkylation sites (N-methyl/N-ethyl adjacent to an activating group) is 1. The molecule has 0 spiro atoms. The van der Waals surface area contributed by atoms with Crippen LogP contribution in [0.4, 0.5) is 0 Å². The smallest absolute Gasteiger partial charge is 0.231 e. The van der Waals surface area contributed by atoms with E-state index < -0.39 is 0 Å². The predicted octanol–water partition coefficient (Wildman–Crippen LogP) is 2.64. The third-order valence-electron chi connectivity index (χ3n) is 3.98. The number of fused-ring (bicyclic) bond motifs is 1. The molecular formula is C15H21ClN2O2. The molecule has 0 saturated carbocycles. The van der Waals surface area contributed by atoms with Gasteiger partial charge in [0.05, 0.1) is 5.02 Å². The van der Waals surface area contributed by atoms with E-state index in [4.69, 9.17) is 21.1 Å². The van der Waals surface area contributed by atoms with Gasteiger partial charge in [-0.3, -0.25) is 4.90 Å². The zero-order valence-corrected chi connectivity index (χ0v) is 12.6. The van der Waals surface area contributed by atoms with E-state index >= 15 is 0 Å². The van der Waals surface area contributed by atoms with Crippen LogP contribution in [0.15, 0.2) is 12.1 Å². The molecular weight excluding hydrogens is 276 g/mol. The normalized spacial score (nSPS) is 20.9. The molecule has 1 atom stereocenters. The number of nitrogens with one attached hydrogen (secondary N) is 1. The fourth-order valence-corrected chi connectivity index (χ4v) is 3.19. The number of hydrogen-bond donors (Lipinski definition) is 1. The second-order valence-electron chi connectivity index (χ2n) is 5.43. The van der Waals surface area contributed by atoms with Gasteiger partial charge in [0.1, 0.15) is 0 Å². The minimum Gasteiger partial charge on any atom is -0.454 e. The van der Waals surface area contributed by atoms with E-state index in [1.165, 1.54) is 18.4 Å². The van der Waals surface area contributed by atoms with Crippen molar-refractivity contribution in [1.82, 2.24) is 10.2 Å². The molecule has 2 heterocycles. The van der Waals surface area contributed by atoms with E-state index in [0.29, 0.717) is 16.8 Å². The zero-order valence-electron chi connectivity index (χ0n) is 11.8. The molecule has 0 aromatic heterocycles. The Bertz CT molecular complexity index is 475. The molecule has 1 unspecified atom stereocenters. The van der Waals surface area contributed by atoms with Gasteiger partial charge in [0, 0.05) is 19.1 Å². The Morgan fingerprint density at radius 3 is 3.05 bits per heavy atom. The highest BCUT2D eigenvalue weighted by Gasteiger charge is 2.20. The van der Waals surface area contributed by atoms with Crippen molar-refractivity contribution in [2.75, 3.05) is 26.4 Å². The third kappa shape index (κ3) is 3.03. The minimum absolute atomic E-state index is 0.266. The number of ether oxygens (including phenoxy) is 2. The van der Waals surface area contributed by atoms with Gasteiger partial charge in [-0.1, -0.05) is 18.5 Å². The van der Waals surface area contributed by atoms with Gasteiger partial charge < -0.3 is 14.8 Å². The highest BCUT2D eigenvalue weighted by molar-refractivity contribution is 6.32. The van der Waals surface area contributed by atoms with E-state index in [-0.39, 0.29) is 6.79 Å². The van der Waals surface area contributed by atoms with Crippen molar-refractivity contribution in [2.45, 2.75) is 32.4 Å². The van der Waals surface area contributed by atoms with E-state index in [0.717, 1.165) is 31.9 Å². The Balaban J connectivity index is 1.67. The molecule has 5 heteroatoms. The molecule has 1 saturated heterocycles. The van der Waals surface area contributed by atoms with Gasteiger partial charge in [-0.2, -0.15) is 0 Å². The lowest BCUT2D eigenvalue weighted by molar-refractivity contribution is 0.174. The predicted molar refractivity (Wildman–Crippen MR) is 79.6 cm³/mol. The summed E-state index contributed by atoms with van der Waals surface area (Å²) in [7, 11) is 0. The van der Waals surface area contributed by atoms with Gasteiger partial charge in [-0.15, -0.1) is 0 Å². The number of halogens is 1. The molecule has 0 aliphatic carbocycles. The van der Waals surface area contributed by atoms with Crippen molar-refractivity contribution in [3.8, 4) is 11.5 Å². The molecule has 110 valence electrons. The Hall–Kier alpha value is -0.970. The summed E-state index contributed by atoms with van der Waals surface area (Å²) < 4.78 is 10.8. The summed E-state index contributed by atoms with van der Waals surface area (Å²) in [5.41, 5.74) is 1.18.